The number of hydrogen-bond donors (Lipinski definition) is 0. The molecule has 0 N–H and O–H groups in total. The van der Waals surface area contributed by atoms with Gasteiger partial charge in [-0.15, -0.1) is 16.1 Å². The first-order chi connectivity index (χ1) is 13.6. The Morgan fingerprint density at radius 1 is 1.00 bits per heavy atom. The van der Waals surface area contributed by atoms with Crippen molar-refractivity contribution in [3.63, 3.8) is 0 Å². The Morgan fingerprint density at radius 2 is 1.64 bits per heavy atom. The Balaban J connectivity index is 1.82. The van der Waals surface area contributed by atoms with Crippen molar-refractivity contribution in [3.8, 4) is 11.8 Å². The fourth-order valence-corrected chi connectivity index (χ4v) is 2.82. The van der Waals surface area contributed by atoms with Crippen molar-refractivity contribution in [1.82, 2.24) is 45.0 Å². The van der Waals surface area contributed by atoms with Crippen molar-refractivity contribution in [2.75, 3.05) is 0 Å². The number of rotatable bonds is 4. The minimum Gasteiger partial charge on any atom is -0.267 e. The second-order valence-electron chi connectivity index (χ2n) is 6.14. The van der Waals surface area contributed by atoms with Crippen LogP contribution in [0, 0.1) is 11.8 Å². The molecule has 140 valence electrons. The lowest BCUT2D eigenvalue weighted by Crippen LogP contribution is -2.30. The maximum atomic E-state index is 12.9. The van der Waals surface area contributed by atoms with Crippen molar-refractivity contribution in [3.05, 3.63) is 45.2 Å². The highest BCUT2D eigenvalue weighted by atomic mass is 16.1. The SMILES string of the molecule is CC#CCn1nnc2cc3c(=O)n(C(C)Cn4nccn4)nnc3cc2c1=O. The van der Waals surface area contributed by atoms with Crippen molar-refractivity contribution in [2.45, 2.75) is 33.0 Å². The van der Waals surface area contributed by atoms with E-state index in [1.165, 1.54) is 26.3 Å². The summed E-state index contributed by atoms with van der Waals surface area (Å²) in [7, 11) is 0. The van der Waals surface area contributed by atoms with Crippen LogP contribution in [-0.4, -0.2) is 45.0 Å². The average molecular weight is 377 g/mol. The van der Waals surface area contributed by atoms with E-state index in [0.29, 0.717) is 28.4 Å². The van der Waals surface area contributed by atoms with Gasteiger partial charge in [-0.3, -0.25) is 9.59 Å². The van der Waals surface area contributed by atoms with E-state index in [9.17, 15) is 9.59 Å². The molecule has 0 bridgehead atoms. The third-order valence-electron chi connectivity index (χ3n) is 4.24. The molecule has 11 nitrogen and oxygen atoms in total. The van der Waals surface area contributed by atoms with Crippen LogP contribution in [0.15, 0.2) is 34.1 Å². The average Bonchev–Trinajstić information content (AvgIpc) is 3.20. The maximum absolute atomic E-state index is 12.9. The van der Waals surface area contributed by atoms with E-state index in [0.717, 1.165) is 0 Å². The van der Waals surface area contributed by atoms with Gasteiger partial charge >= 0.3 is 0 Å². The lowest BCUT2D eigenvalue weighted by Gasteiger charge is -2.12. The molecular formula is C17H15N9O2. The molecule has 1 aromatic carbocycles. The van der Waals surface area contributed by atoms with Gasteiger partial charge in [0.1, 0.15) is 17.6 Å². The Morgan fingerprint density at radius 3 is 2.32 bits per heavy atom. The number of benzene rings is 1. The summed E-state index contributed by atoms with van der Waals surface area (Å²) in [6.07, 6.45) is 3.12. The Bertz CT molecular complexity index is 1340. The van der Waals surface area contributed by atoms with Gasteiger partial charge in [0.05, 0.1) is 35.8 Å². The molecule has 0 spiro atoms. The molecule has 0 saturated heterocycles. The zero-order valence-corrected chi connectivity index (χ0v) is 15.1. The second kappa shape index (κ2) is 6.99. The van der Waals surface area contributed by atoms with Gasteiger partial charge in [-0.05, 0) is 26.0 Å². The zero-order chi connectivity index (χ0) is 19.7. The highest BCUT2D eigenvalue weighted by Gasteiger charge is 2.15. The molecule has 11 heteroatoms. The van der Waals surface area contributed by atoms with E-state index in [-0.39, 0.29) is 23.7 Å². The molecular weight excluding hydrogens is 362 g/mol. The minimum absolute atomic E-state index is 0.141. The van der Waals surface area contributed by atoms with Crippen LogP contribution in [-0.2, 0) is 13.1 Å². The molecule has 0 aliphatic carbocycles. The fourth-order valence-electron chi connectivity index (χ4n) is 2.82. The van der Waals surface area contributed by atoms with E-state index in [1.807, 2.05) is 6.92 Å². The van der Waals surface area contributed by atoms with Crippen LogP contribution in [0.25, 0.3) is 21.8 Å². The van der Waals surface area contributed by atoms with E-state index in [1.54, 1.807) is 19.3 Å². The molecule has 28 heavy (non-hydrogen) atoms. The number of nitrogens with zero attached hydrogens (tertiary/aromatic N) is 9. The summed E-state index contributed by atoms with van der Waals surface area (Å²) in [5.41, 5.74) is -0.0548. The monoisotopic (exact) mass is 377 g/mol. The van der Waals surface area contributed by atoms with Crippen LogP contribution in [0.5, 0.6) is 0 Å². The summed E-state index contributed by atoms with van der Waals surface area (Å²) in [5.74, 6) is 5.48. The van der Waals surface area contributed by atoms with Gasteiger partial charge in [-0.2, -0.15) is 19.7 Å². The smallest absolute Gasteiger partial charge is 0.267 e. The molecule has 0 amide bonds. The molecule has 4 rings (SSSR count). The van der Waals surface area contributed by atoms with E-state index < -0.39 is 0 Å². The molecule has 1 atom stereocenters. The predicted octanol–water partition coefficient (Wildman–Crippen LogP) is -0.228. The largest absolute Gasteiger partial charge is 0.278 e. The van der Waals surface area contributed by atoms with Crippen molar-refractivity contribution >= 4 is 21.8 Å². The minimum atomic E-state index is -0.348. The molecule has 0 fully saturated rings. The molecule has 0 radical (unpaired) electrons. The van der Waals surface area contributed by atoms with Gasteiger partial charge in [0.2, 0.25) is 0 Å². The third-order valence-corrected chi connectivity index (χ3v) is 4.24. The summed E-state index contributed by atoms with van der Waals surface area (Å²) < 4.78 is 2.43. The third kappa shape index (κ3) is 3.01. The Hall–Kier alpha value is -3.94. The van der Waals surface area contributed by atoms with Crippen LogP contribution in [0.2, 0.25) is 0 Å². The first kappa shape index (κ1) is 17.5. The number of fused-ring (bicyclic) bond motifs is 2. The van der Waals surface area contributed by atoms with Crippen LogP contribution in [0.3, 0.4) is 0 Å². The van der Waals surface area contributed by atoms with Gasteiger partial charge in [-0.1, -0.05) is 16.3 Å². The molecule has 0 saturated carbocycles. The highest BCUT2D eigenvalue weighted by Crippen LogP contribution is 2.14. The second-order valence-corrected chi connectivity index (χ2v) is 6.14. The number of hydrogen-bond acceptors (Lipinski definition) is 8. The van der Waals surface area contributed by atoms with Crippen LogP contribution >= 0.6 is 0 Å². The topological polar surface area (TPSA) is 126 Å². The summed E-state index contributed by atoms with van der Waals surface area (Å²) in [6.45, 7) is 4.00. The zero-order valence-electron chi connectivity index (χ0n) is 15.1. The molecule has 3 heterocycles. The lowest BCUT2D eigenvalue weighted by atomic mass is 10.2. The quantitative estimate of drug-likeness (QED) is 0.353. The van der Waals surface area contributed by atoms with E-state index in [2.05, 4.69) is 42.7 Å². The summed E-state index contributed by atoms with van der Waals surface area (Å²) in [4.78, 5) is 26.9. The normalized spacial score (nSPS) is 12.1. The summed E-state index contributed by atoms with van der Waals surface area (Å²) in [5, 5.41) is 24.7. The van der Waals surface area contributed by atoms with Gasteiger partial charge in [0.15, 0.2) is 0 Å². The highest BCUT2D eigenvalue weighted by molar-refractivity contribution is 5.93. The molecule has 0 aliphatic rings. The van der Waals surface area contributed by atoms with E-state index >= 15 is 0 Å². The summed E-state index contributed by atoms with van der Waals surface area (Å²) >= 11 is 0. The standard InChI is InChI=1S/C17H15N9O2/c1-3-4-7-24-16(27)12-8-15-13(9-14(12)20-22-24)17(28)26(23-21-15)11(2)10-25-18-5-6-19-25/h5-6,8-9,11H,7,10H2,1-2H3. The molecule has 4 aromatic rings. The van der Waals surface area contributed by atoms with Crippen LogP contribution in [0.4, 0.5) is 0 Å². The van der Waals surface area contributed by atoms with Crippen molar-refractivity contribution in [2.24, 2.45) is 0 Å². The van der Waals surface area contributed by atoms with Gasteiger partial charge in [0.25, 0.3) is 11.1 Å². The first-order valence-electron chi connectivity index (χ1n) is 8.49. The first-order valence-corrected chi connectivity index (χ1v) is 8.49. The molecule has 1 unspecified atom stereocenters. The summed E-state index contributed by atoms with van der Waals surface area (Å²) in [6, 6.07) is 2.70. The Labute approximate surface area is 157 Å². The van der Waals surface area contributed by atoms with Crippen LogP contribution < -0.4 is 11.1 Å². The van der Waals surface area contributed by atoms with Gasteiger partial charge < -0.3 is 0 Å². The Kier molecular flexibility index (Phi) is 4.36. The lowest BCUT2D eigenvalue weighted by molar-refractivity contribution is 0.358. The maximum Gasteiger partial charge on any atom is 0.278 e. The number of aromatic nitrogens is 9. The van der Waals surface area contributed by atoms with Gasteiger partial charge in [-0.25, -0.2) is 4.68 Å². The van der Waals surface area contributed by atoms with Gasteiger partial charge in [0, 0.05) is 0 Å². The van der Waals surface area contributed by atoms with Crippen LogP contribution in [0.1, 0.15) is 19.9 Å². The van der Waals surface area contributed by atoms with E-state index in [4.69, 9.17) is 0 Å². The van der Waals surface area contributed by atoms with Crippen molar-refractivity contribution in [1.29, 1.82) is 0 Å². The molecule has 3 aromatic heterocycles. The molecule has 0 aliphatic heterocycles. The fraction of sp³-hybridized carbons (Fsp3) is 0.294. The predicted molar refractivity (Wildman–Crippen MR) is 99.3 cm³/mol. The van der Waals surface area contributed by atoms with Crippen molar-refractivity contribution < 1.29 is 0 Å².